The van der Waals surface area contributed by atoms with Crippen LogP contribution in [-0.4, -0.2) is 29.9 Å². The predicted octanol–water partition coefficient (Wildman–Crippen LogP) is 1.59. The van der Waals surface area contributed by atoms with Gasteiger partial charge in [-0.3, -0.25) is 0 Å². The van der Waals surface area contributed by atoms with E-state index in [1.54, 1.807) is 13.8 Å². The molecule has 5 heteroatoms. The summed E-state index contributed by atoms with van der Waals surface area (Å²) in [4.78, 5) is 11.3. The molecule has 0 heterocycles. The van der Waals surface area contributed by atoms with E-state index in [2.05, 4.69) is 4.74 Å². The van der Waals surface area contributed by atoms with Gasteiger partial charge in [0.2, 0.25) is 0 Å². The van der Waals surface area contributed by atoms with Crippen molar-refractivity contribution < 1.29 is 24.1 Å². The quantitative estimate of drug-likeness (QED) is 0.790. The van der Waals surface area contributed by atoms with Crippen LogP contribution in [0, 0.1) is 5.82 Å². The molecule has 4 nitrogen and oxygen atoms in total. The molecule has 1 aromatic carbocycles. The Labute approximate surface area is 98.7 Å². The molecule has 0 aliphatic rings. The summed E-state index contributed by atoms with van der Waals surface area (Å²) in [6.07, 6.45) is 0. The number of esters is 1. The van der Waals surface area contributed by atoms with Gasteiger partial charge in [-0.1, -0.05) is 13.8 Å². The van der Waals surface area contributed by atoms with Gasteiger partial charge in [0.15, 0.2) is 11.6 Å². The Balaban J connectivity index is 3.38. The Kier molecular flexibility index (Phi) is 3.72. The molecule has 1 rings (SSSR count). The SMILES string of the molecule is COC(=O)c1cc(C(C)(C)CO)cc(F)c1O. The number of aromatic hydroxyl groups is 1. The Morgan fingerprint density at radius 2 is 2.06 bits per heavy atom. The lowest BCUT2D eigenvalue weighted by atomic mass is 9.84. The summed E-state index contributed by atoms with van der Waals surface area (Å²) in [6.45, 7) is 3.18. The third-order valence-electron chi connectivity index (χ3n) is 2.65. The van der Waals surface area contributed by atoms with Crippen LogP contribution >= 0.6 is 0 Å². The van der Waals surface area contributed by atoms with Crippen LogP contribution in [0.3, 0.4) is 0 Å². The number of carbonyl (C=O) groups is 1. The lowest BCUT2D eigenvalue weighted by Gasteiger charge is -2.23. The summed E-state index contributed by atoms with van der Waals surface area (Å²) < 4.78 is 17.9. The highest BCUT2D eigenvalue weighted by molar-refractivity contribution is 5.92. The molecule has 0 saturated carbocycles. The first kappa shape index (κ1) is 13.4. The molecular weight excluding hydrogens is 227 g/mol. The van der Waals surface area contributed by atoms with Gasteiger partial charge in [0.1, 0.15) is 5.56 Å². The number of benzene rings is 1. The Morgan fingerprint density at radius 3 is 2.53 bits per heavy atom. The van der Waals surface area contributed by atoms with E-state index < -0.39 is 23.0 Å². The molecule has 1 aromatic rings. The average molecular weight is 242 g/mol. The van der Waals surface area contributed by atoms with E-state index in [0.29, 0.717) is 5.56 Å². The standard InChI is InChI=1S/C12H15FO4/c1-12(2,6-14)7-4-8(11(16)17-3)10(15)9(13)5-7/h4-5,14-15H,6H2,1-3H3. The van der Waals surface area contributed by atoms with Crippen molar-refractivity contribution in [3.8, 4) is 5.75 Å². The highest BCUT2D eigenvalue weighted by Gasteiger charge is 2.25. The van der Waals surface area contributed by atoms with Crippen LogP contribution < -0.4 is 0 Å². The van der Waals surface area contributed by atoms with Gasteiger partial charge < -0.3 is 14.9 Å². The number of aliphatic hydroxyl groups excluding tert-OH is 1. The maximum Gasteiger partial charge on any atom is 0.341 e. The second-order valence-electron chi connectivity index (χ2n) is 4.39. The number of phenols is 1. The molecule has 0 unspecified atom stereocenters. The monoisotopic (exact) mass is 242 g/mol. The first-order valence-corrected chi connectivity index (χ1v) is 5.05. The van der Waals surface area contributed by atoms with E-state index in [1.807, 2.05) is 0 Å². The number of rotatable bonds is 3. The van der Waals surface area contributed by atoms with Crippen LogP contribution in [0.2, 0.25) is 0 Å². The lowest BCUT2D eigenvalue weighted by molar-refractivity contribution is 0.0596. The highest BCUT2D eigenvalue weighted by Crippen LogP contribution is 2.30. The van der Waals surface area contributed by atoms with Gasteiger partial charge in [-0.05, 0) is 17.7 Å². The molecule has 0 atom stereocenters. The van der Waals surface area contributed by atoms with Crippen molar-refractivity contribution >= 4 is 5.97 Å². The molecular formula is C12H15FO4. The zero-order chi connectivity index (χ0) is 13.2. The average Bonchev–Trinajstić information content (AvgIpc) is 2.31. The molecule has 0 aliphatic heterocycles. The molecule has 0 aliphatic carbocycles. The van der Waals surface area contributed by atoms with Gasteiger partial charge in [0.25, 0.3) is 0 Å². The molecule has 0 fully saturated rings. The predicted molar refractivity (Wildman–Crippen MR) is 59.5 cm³/mol. The number of methoxy groups -OCH3 is 1. The van der Waals surface area contributed by atoms with Crippen molar-refractivity contribution in [2.45, 2.75) is 19.3 Å². The zero-order valence-electron chi connectivity index (χ0n) is 9.95. The summed E-state index contributed by atoms with van der Waals surface area (Å²) >= 11 is 0. The zero-order valence-corrected chi connectivity index (χ0v) is 9.95. The Hall–Kier alpha value is -1.62. The number of hydrogen-bond donors (Lipinski definition) is 2. The van der Waals surface area contributed by atoms with Gasteiger partial charge in [-0.25, -0.2) is 9.18 Å². The summed E-state index contributed by atoms with van der Waals surface area (Å²) in [5.41, 5.74) is -0.545. The van der Waals surface area contributed by atoms with Gasteiger partial charge in [0, 0.05) is 5.41 Å². The fourth-order valence-electron chi connectivity index (χ4n) is 1.35. The number of hydrogen-bond acceptors (Lipinski definition) is 4. The van der Waals surface area contributed by atoms with Crippen LogP contribution in [0.25, 0.3) is 0 Å². The molecule has 0 saturated heterocycles. The van der Waals surface area contributed by atoms with Crippen LogP contribution in [-0.2, 0) is 10.2 Å². The second-order valence-corrected chi connectivity index (χ2v) is 4.39. The Bertz CT molecular complexity index is 440. The lowest BCUT2D eigenvalue weighted by Crippen LogP contribution is -2.23. The van der Waals surface area contributed by atoms with E-state index in [9.17, 15) is 19.4 Å². The van der Waals surface area contributed by atoms with Crippen molar-refractivity contribution in [2.24, 2.45) is 0 Å². The Morgan fingerprint density at radius 1 is 1.47 bits per heavy atom. The second kappa shape index (κ2) is 4.71. The third kappa shape index (κ3) is 2.55. The molecule has 0 bridgehead atoms. The largest absolute Gasteiger partial charge is 0.504 e. The first-order valence-electron chi connectivity index (χ1n) is 5.05. The van der Waals surface area contributed by atoms with E-state index in [4.69, 9.17) is 0 Å². The van der Waals surface area contributed by atoms with Gasteiger partial charge in [0.05, 0.1) is 13.7 Å². The summed E-state index contributed by atoms with van der Waals surface area (Å²) in [7, 11) is 1.14. The van der Waals surface area contributed by atoms with Gasteiger partial charge in [-0.15, -0.1) is 0 Å². The van der Waals surface area contributed by atoms with Crippen LogP contribution in [0.5, 0.6) is 5.75 Å². The normalized spacial score (nSPS) is 11.4. The minimum absolute atomic E-state index is 0.210. The van der Waals surface area contributed by atoms with Crippen molar-refractivity contribution in [3.63, 3.8) is 0 Å². The van der Waals surface area contributed by atoms with Crippen LogP contribution in [0.1, 0.15) is 29.8 Å². The van der Waals surface area contributed by atoms with E-state index in [-0.39, 0.29) is 12.2 Å². The maximum atomic E-state index is 13.5. The number of aliphatic hydroxyl groups is 1. The van der Waals surface area contributed by atoms with Crippen molar-refractivity contribution in [1.29, 1.82) is 0 Å². The fraction of sp³-hybridized carbons (Fsp3) is 0.417. The minimum Gasteiger partial charge on any atom is -0.504 e. The first-order chi connectivity index (χ1) is 7.83. The van der Waals surface area contributed by atoms with Crippen molar-refractivity contribution in [1.82, 2.24) is 0 Å². The summed E-state index contributed by atoms with van der Waals surface area (Å²) in [5.74, 6) is -2.48. The summed E-state index contributed by atoms with van der Waals surface area (Å²) in [6, 6.07) is 2.42. The molecule has 2 N–H and O–H groups in total. The smallest absolute Gasteiger partial charge is 0.341 e. The van der Waals surface area contributed by atoms with E-state index in [1.165, 1.54) is 6.07 Å². The maximum absolute atomic E-state index is 13.5. The van der Waals surface area contributed by atoms with Crippen LogP contribution in [0.4, 0.5) is 4.39 Å². The highest BCUT2D eigenvalue weighted by atomic mass is 19.1. The number of carbonyl (C=O) groups excluding carboxylic acids is 1. The fourth-order valence-corrected chi connectivity index (χ4v) is 1.35. The number of halogens is 1. The number of ether oxygens (including phenoxy) is 1. The number of phenolic OH excluding ortho intramolecular Hbond substituents is 1. The molecule has 0 spiro atoms. The molecule has 94 valence electrons. The summed E-state index contributed by atoms with van der Waals surface area (Å²) in [5, 5.41) is 18.6. The molecule has 0 amide bonds. The van der Waals surface area contributed by atoms with Crippen molar-refractivity contribution in [3.05, 3.63) is 29.1 Å². The minimum atomic E-state index is -0.913. The topological polar surface area (TPSA) is 66.8 Å². The molecule has 17 heavy (non-hydrogen) atoms. The van der Waals surface area contributed by atoms with Crippen molar-refractivity contribution in [2.75, 3.05) is 13.7 Å². The third-order valence-corrected chi connectivity index (χ3v) is 2.65. The molecule has 0 radical (unpaired) electrons. The van der Waals surface area contributed by atoms with E-state index in [0.717, 1.165) is 13.2 Å². The van der Waals surface area contributed by atoms with Crippen LogP contribution in [0.15, 0.2) is 12.1 Å². The van der Waals surface area contributed by atoms with Gasteiger partial charge in [-0.2, -0.15) is 0 Å². The van der Waals surface area contributed by atoms with Gasteiger partial charge >= 0.3 is 5.97 Å². The molecule has 0 aromatic heterocycles. The van der Waals surface area contributed by atoms with E-state index >= 15 is 0 Å².